The summed E-state index contributed by atoms with van der Waals surface area (Å²) in [5, 5.41) is 12.1. The number of ether oxygens (including phenoxy) is 6. The van der Waals surface area contributed by atoms with Gasteiger partial charge in [0.25, 0.3) is 11.7 Å². The number of ketones is 3. The molecular formula is C51H75NO12. The number of nitrogens with zero attached hydrogens (tertiary/aromatic N) is 1. The Morgan fingerprint density at radius 3 is 2.25 bits per heavy atom. The molecule has 13 unspecified atom stereocenters. The molecule has 356 valence electrons. The van der Waals surface area contributed by atoms with Crippen LogP contribution in [-0.4, -0.2) is 122 Å². The van der Waals surface area contributed by atoms with E-state index in [0.29, 0.717) is 63.4 Å². The van der Waals surface area contributed by atoms with Crippen LogP contribution in [0.1, 0.15) is 129 Å². The lowest BCUT2D eigenvalue weighted by Gasteiger charge is -2.47. The van der Waals surface area contributed by atoms with Crippen LogP contribution >= 0.6 is 0 Å². The Morgan fingerprint density at radius 1 is 0.891 bits per heavy atom. The second-order valence-electron chi connectivity index (χ2n) is 19.1. The van der Waals surface area contributed by atoms with Crippen molar-refractivity contribution >= 4 is 29.2 Å². The Bertz CT molecular complexity index is 1810. The van der Waals surface area contributed by atoms with Gasteiger partial charge in [0.05, 0.1) is 24.4 Å². The standard InChI is InChI=1S/C51H75NO12/c1-10-37-25-31(2)24-32(3)26-44(60-8)47-45(61-9)28-35(6)51(58,64-47)48(55)49(56)52-23-15-14-18-39(52)50(57)63-46(33(4)19-21-40(37)53)34(5)27-36-20-22-42(43(29-36)59-7)62-30-41(54)38-16-12-11-13-17-38/h11-13,16-17,25,27,32-33,35-37,39,42-47,58H,10,14-15,18-24,26,28-30H2,1-9H3. The number of allylic oxidation sites excluding steroid dienone is 3. The van der Waals surface area contributed by atoms with Gasteiger partial charge < -0.3 is 38.4 Å². The van der Waals surface area contributed by atoms with Crippen LogP contribution in [0.15, 0.2) is 53.6 Å². The summed E-state index contributed by atoms with van der Waals surface area (Å²) >= 11 is 0. The minimum Gasteiger partial charge on any atom is -0.456 e. The number of piperidine rings is 1. The lowest BCUT2D eigenvalue weighted by atomic mass is 9.82. The van der Waals surface area contributed by atoms with E-state index < -0.39 is 59.8 Å². The average Bonchev–Trinajstić information content (AvgIpc) is 3.30. The van der Waals surface area contributed by atoms with Crippen molar-refractivity contribution in [2.75, 3.05) is 34.5 Å². The second-order valence-corrected chi connectivity index (χ2v) is 19.1. The third-order valence-corrected chi connectivity index (χ3v) is 14.3. The van der Waals surface area contributed by atoms with Gasteiger partial charge >= 0.3 is 5.97 Å². The number of rotatable bonds is 10. The monoisotopic (exact) mass is 894 g/mol. The Hall–Kier alpha value is -3.59. The molecule has 3 fully saturated rings. The second kappa shape index (κ2) is 23.7. The van der Waals surface area contributed by atoms with E-state index in [-0.39, 0.29) is 73.4 Å². The first-order valence-corrected chi connectivity index (χ1v) is 23.7. The predicted octanol–water partition coefficient (Wildman–Crippen LogP) is 7.41. The molecule has 2 bridgehead atoms. The maximum Gasteiger partial charge on any atom is 0.329 e. The highest BCUT2D eigenvalue weighted by molar-refractivity contribution is 6.39. The van der Waals surface area contributed by atoms with Crippen LogP contribution in [0.5, 0.6) is 0 Å². The fraction of sp³-hybridized carbons (Fsp3) is 0.706. The molecule has 64 heavy (non-hydrogen) atoms. The van der Waals surface area contributed by atoms with Crippen LogP contribution in [0.3, 0.4) is 0 Å². The number of methoxy groups -OCH3 is 3. The first-order valence-electron chi connectivity index (χ1n) is 23.7. The molecule has 1 aromatic carbocycles. The molecule has 13 atom stereocenters. The zero-order valence-corrected chi connectivity index (χ0v) is 39.8. The number of benzene rings is 1. The van der Waals surface area contributed by atoms with Gasteiger partial charge in [-0.25, -0.2) is 4.79 Å². The number of hydrogen-bond donors (Lipinski definition) is 1. The maximum absolute atomic E-state index is 14.5. The van der Waals surface area contributed by atoms with Crippen molar-refractivity contribution in [3.05, 3.63) is 59.2 Å². The SMILES string of the molecule is CCC1C=C(C)CC(C)CC(OC)C2OC(O)(C(=O)C(=O)N3CCCCC3C(=O)OC(C(C)=CC3CCC(OCC(=O)c4ccccc4)C(OC)C3)C(C)CCC1=O)C(C)CC2OC. The van der Waals surface area contributed by atoms with E-state index in [9.17, 15) is 29.1 Å². The van der Waals surface area contributed by atoms with Crippen molar-refractivity contribution < 1.29 is 57.5 Å². The van der Waals surface area contributed by atoms with Gasteiger partial charge in [0.15, 0.2) is 5.78 Å². The number of esters is 1. The molecule has 1 saturated carbocycles. The molecule has 3 heterocycles. The van der Waals surface area contributed by atoms with Gasteiger partial charge in [-0.2, -0.15) is 0 Å². The zero-order valence-electron chi connectivity index (χ0n) is 39.8. The topological polar surface area (TPSA) is 164 Å². The highest BCUT2D eigenvalue weighted by atomic mass is 16.7. The summed E-state index contributed by atoms with van der Waals surface area (Å²) in [5.74, 6) is -6.45. The minimum atomic E-state index is -2.48. The molecule has 0 radical (unpaired) electrons. The molecule has 2 saturated heterocycles. The highest BCUT2D eigenvalue weighted by Gasteiger charge is 2.56. The van der Waals surface area contributed by atoms with E-state index in [0.717, 1.165) is 17.6 Å². The number of Topliss-reactive ketones (excluding diaryl/α,β-unsaturated/α-hetero) is 3. The zero-order chi connectivity index (χ0) is 46.7. The first-order chi connectivity index (χ1) is 30.5. The van der Waals surface area contributed by atoms with E-state index >= 15 is 0 Å². The van der Waals surface area contributed by atoms with E-state index in [1.807, 2.05) is 45.9 Å². The number of cyclic esters (lactones) is 1. The smallest absolute Gasteiger partial charge is 0.329 e. The van der Waals surface area contributed by atoms with Crippen LogP contribution in [0.25, 0.3) is 0 Å². The molecule has 3 aliphatic heterocycles. The first kappa shape index (κ1) is 51.4. The van der Waals surface area contributed by atoms with Crippen LogP contribution in [0.4, 0.5) is 0 Å². The Balaban J connectivity index is 1.43. The van der Waals surface area contributed by atoms with Gasteiger partial charge in [-0.05, 0) is 108 Å². The van der Waals surface area contributed by atoms with E-state index in [4.69, 9.17) is 28.4 Å². The normalized spacial score (nSPS) is 35.8. The van der Waals surface area contributed by atoms with E-state index in [1.54, 1.807) is 40.4 Å². The van der Waals surface area contributed by atoms with Crippen LogP contribution in [0, 0.1) is 29.6 Å². The van der Waals surface area contributed by atoms with Crippen molar-refractivity contribution in [3.63, 3.8) is 0 Å². The summed E-state index contributed by atoms with van der Waals surface area (Å²) in [6.45, 7) is 11.8. The van der Waals surface area contributed by atoms with E-state index in [2.05, 4.69) is 19.1 Å². The van der Waals surface area contributed by atoms with Gasteiger partial charge in [0.1, 0.15) is 30.6 Å². The number of carbonyl (C=O) groups is 5. The molecule has 1 N–H and O–H groups in total. The molecule has 0 aromatic heterocycles. The quantitative estimate of drug-likeness (QED) is 0.107. The molecule has 1 amide bonds. The lowest BCUT2D eigenvalue weighted by Crippen LogP contribution is -2.64. The summed E-state index contributed by atoms with van der Waals surface area (Å²) in [6.07, 6.45) is 7.29. The van der Waals surface area contributed by atoms with Crippen molar-refractivity contribution in [3.8, 4) is 0 Å². The molecule has 5 rings (SSSR count). The van der Waals surface area contributed by atoms with Gasteiger partial charge in [-0.1, -0.05) is 75.8 Å². The van der Waals surface area contributed by atoms with Crippen molar-refractivity contribution in [2.24, 2.45) is 29.6 Å². The molecule has 13 heteroatoms. The van der Waals surface area contributed by atoms with Crippen LogP contribution in [0.2, 0.25) is 0 Å². The number of fused-ring (bicyclic) bond motifs is 3. The number of hydrogen-bond acceptors (Lipinski definition) is 12. The largest absolute Gasteiger partial charge is 0.456 e. The third kappa shape index (κ3) is 12.6. The lowest BCUT2D eigenvalue weighted by molar-refractivity contribution is -0.302. The Labute approximate surface area is 380 Å². The molecule has 13 nitrogen and oxygen atoms in total. The van der Waals surface area contributed by atoms with Crippen LogP contribution in [-0.2, 0) is 47.6 Å². The van der Waals surface area contributed by atoms with Crippen molar-refractivity contribution in [1.82, 2.24) is 4.90 Å². The highest BCUT2D eigenvalue weighted by Crippen LogP contribution is 2.39. The van der Waals surface area contributed by atoms with Gasteiger partial charge in [0.2, 0.25) is 5.79 Å². The summed E-state index contributed by atoms with van der Waals surface area (Å²) in [6, 6.07) is 8.00. The number of aliphatic hydroxyl groups is 1. The molecule has 4 aliphatic rings. The average molecular weight is 894 g/mol. The fourth-order valence-corrected chi connectivity index (χ4v) is 10.5. The number of carbonyl (C=O) groups excluding carboxylic acids is 5. The van der Waals surface area contributed by atoms with Crippen LogP contribution < -0.4 is 0 Å². The Kier molecular flexibility index (Phi) is 19.1. The molecule has 0 spiro atoms. The minimum absolute atomic E-state index is 0.0452. The predicted molar refractivity (Wildman–Crippen MR) is 241 cm³/mol. The molecule has 1 aromatic rings. The number of amides is 1. The van der Waals surface area contributed by atoms with Gasteiger partial charge in [-0.15, -0.1) is 0 Å². The van der Waals surface area contributed by atoms with Crippen molar-refractivity contribution in [2.45, 2.75) is 167 Å². The molecular weight excluding hydrogens is 819 g/mol. The fourth-order valence-electron chi connectivity index (χ4n) is 10.5. The van der Waals surface area contributed by atoms with Gasteiger partial charge in [-0.3, -0.25) is 19.2 Å². The van der Waals surface area contributed by atoms with Crippen molar-refractivity contribution in [1.29, 1.82) is 0 Å². The summed E-state index contributed by atoms with van der Waals surface area (Å²) < 4.78 is 36.5. The van der Waals surface area contributed by atoms with E-state index in [1.165, 1.54) is 4.90 Å². The summed E-state index contributed by atoms with van der Waals surface area (Å²) in [7, 11) is 4.74. The molecule has 1 aliphatic carbocycles. The Morgan fingerprint density at radius 2 is 1.58 bits per heavy atom. The summed E-state index contributed by atoms with van der Waals surface area (Å²) in [5.41, 5.74) is 2.48. The summed E-state index contributed by atoms with van der Waals surface area (Å²) in [4.78, 5) is 71.1. The van der Waals surface area contributed by atoms with Gasteiger partial charge in [0, 0.05) is 51.7 Å². The maximum atomic E-state index is 14.5. The third-order valence-electron chi connectivity index (χ3n) is 14.3.